The summed E-state index contributed by atoms with van der Waals surface area (Å²) >= 11 is 0. The molecule has 0 fully saturated rings. The predicted octanol–water partition coefficient (Wildman–Crippen LogP) is 5.00. The number of rotatable bonds is 4. The van der Waals surface area contributed by atoms with Gasteiger partial charge in [-0.25, -0.2) is 13.8 Å². The summed E-state index contributed by atoms with van der Waals surface area (Å²) in [7, 11) is -0.703. The van der Waals surface area contributed by atoms with Crippen molar-refractivity contribution in [3.63, 3.8) is 0 Å². The van der Waals surface area contributed by atoms with Crippen LogP contribution in [0.5, 0.6) is 0 Å². The van der Waals surface area contributed by atoms with Gasteiger partial charge < -0.3 is 4.90 Å². The number of hydrogen-bond acceptors (Lipinski definition) is 2. The van der Waals surface area contributed by atoms with Crippen LogP contribution in [0.3, 0.4) is 0 Å². The van der Waals surface area contributed by atoms with Crippen LogP contribution in [0, 0.1) is 6.92 Å². The maximum atomic E-state index is 12.6. The molecule has 0 saturated heterocycles. The van der Waals surface area contributed by atoms with Crippen LogP contribution >= 0.6 is 10.5 Å². The molecule has 2 nitrogen and oxygen atoms in total. The van der Waals surface area contributed by atoms with E-state index in [1.54, 1.807) is 0 Å². The summed E-state index contributed by atoms with van der Waals surface area (Å²) in [6.45, 7) is 2.74. The second-order valence-corrected chi connectivity index (χ2v) is 7.29. The molecule has 0 saturated carbocycles. The molecule has 0 aromatic heterocycles. The number of para-hydroxylation sites is 1. The van der Waals surface area contributed by atoms with Crippen molar-refractivity contribution in [2.75, 3.05) is 10.7 Å². The molecule has 1 atom stereocenters. The third-order valence-corrected chi connectivity index (χ3v) is 5.39. The molecule has 1 unspecified atom stereocenters. The van der Waals surface area contributed by atoms with Crippen LogP contribution in [0.1, 0.15) is 11.1 Å². The van der Waals surface area contributed by atoms with E-state index >= 15 is 0 Å². The van der Waals surface area contributed by atoms with Gasteiger partial charge in [0.2, 0.25) is 6.43 Å². The maximum Gasteiger partial charge on any atom is 0.247 e. The van der Waals surface area contributed by atoms with E-state index in [2.05, 4.69) is 21.8 Å². The molecule has 0 aliphatic carbocycles. The van der Waals surface area contributed by atoms with Crippen LogP contribution in [0.2, 0.25) is 0 Å². The number of aryl methyl sites for hydroxylation is 1. The highest BCUT2D eigenvalue weighted by Crippen LogP contribution is 2.34. The summed E-state index contributed by atoms with van der Waals surface area (Å²) in [6, 6.07) is 13.8. The Morgan fingerprint density at radius 3 is 2.83 bits per heavy atom. The number of halogens is 2. The lowest BCUT2D eigenvalue weighted by molar-refractivity contribution is 0.176. The zero-order valence-corrected chi connectivity index (χ0v) is 13.7. The van der Waals surface area contributed by atoms with Gasteiger partial charge >= 0.3 is 0 Å². The number of nitrogens with zero attached hydrogens (tertiary/aromatic N) is 2. The molecule has 1 aliphatic rings. The fourth-order valence-electron chi connectivity index (χ4n) is 2.60. The summed E-state index contributed by atoms with van der Waals surface area (Å²) in [5.74, 6) is 3.70. The fourth-order valence-corrected chi connectivity index (χ4v) is 3.64. The van der Waals surface area contributed by atoms with E-state index in [1.807, 2.05) is 49.7 Å². The first-order valence-corrected chi connectivity index (χ1v) is 8.89. The van der Waals surface area contributed by atoms with Crippen LogP contribution in [0.15, 0.2) is 52.4 Å². The van der Waals surface area contributed by atoms with Crippen LogP contribution < -0.4 is 4.90 Å². The quantitative estimate of drug-likeness (QED) is 0.719. The molecule has 1 heterocycles. The number of fused-ring (bicyclic) bond motifs is 1. The second kappa shape index (κ2) is 6.62. The van der Waals surface area contributed by atoms with Crippen LogP contribution in [-0.2, 0) is 6.54 Å². The van der Waals surface area contributed by atoms with Crippen LogP contribution in [0.4, 0.5) is 20.2 Å². The Labute approximate surface area is 137 Å². The highest BCUT2D eigenvalue weighted by Gasteiger charge is 2.16. The smallest absolute Gasteiger partial charge is 0.247 e. The third-order valence-electron chi connectivity index (χ3n) is 3.82. The minimum Gasteiger partial charge on any atom is -0.328 e. The Hall–Kier alpha value is -2.01. The van der Waals surface area contributed by atoms with Crippen LogP contribution in [-0.4, -0.2) is 24.4 Å². The van der Waals surface area contributed by atoms with Gasteiger partial charge in [-0.05, 0) is 36.2 Å². The van der Waals surface area contributed by atoms with Crippen LogP contribution in [0.25, 0.3) is 0 Å². The van der Waals surface area contributed by atoms with Gasteiger partial charge in [0.05, 0.1) is 24.3 Å². The lowest BCUT2D eigenvalue weighted by Crippen LogP contribution is -2.24. The Balaban J connectivity index is 1.90. The predicted molar refractivity (Wildman–Crippen MR) is 95.8 cm³/mol. The zero-order valence-electron chi connectivity index (χ0n) is 12.9. The van der Waals surface area contributed by atoms with Gasteiger partial charge in [-0.1, -0.05) is 30.1 Å². The van der Waals surface area contributed by atoms with Crippen molar-refractivity contribution in [2.45, 2.75) is 24.8 Å². The fraction of sp³-hybridized carbons (Fsp3) is 0.222. The molecule has 2 aromatic rings. The van der Waals surface area contributed by atoms with E-state index in [0.717, 1.165) is 33.9 Å². The number of hydrogen-bond donors (Lipinski definition) is 0. The minimum absolute atomic E-state index is 0.195. The molecule has 0 amide bonds. The molecule has 5 heteroatoms. The highest BCUT2D eigenvalue weighted by atomic mass is 32.2. The van der Waals surface area contributed by atoms with E-state index in [0.29, 0.717) is 0 Å². The maximum absolute atomic E-state index is 12.6. The van der Waals surface area contributed by atoms with E-state index in [1.165, 1.54) is 0 Å². The van der Waals surface area contributed by atoms with Gasteiger partial charge in [0.15, 0.2) is 0 Å². The first kappa shape index (κ1) is 15.9. The zero-order chi connectivity index (χ0) is 16.4. The van der Waals surface area contributed by atoms with Crippen molar-refractivity contribution in [1.82, 2.24) is 0 Å². The number of aliphatic imine (C=N–C) groups is 1. The summed E-state index contributed by atoms with van der Waals surface area (Å²) in [6.07, 6.45) is -0.521. The third kappa shape index (κ3) is 3.50. The van der Waals surface area contributed by atoms with Gasteiger partial charge in [-0.2, -0.15) is 10.5 Å². The molecule has 2 aromatic carbocycles. The van der Waals surface area contributed by atoms with Gasteiger partial charge in [-0.3, -0.25) is 0 Å². The summed E-state index contributed by atoms with van der Waals surface area (Å²) < 4.78 is 25.2. The molecule has 0 N–H and O–H groups in total. The van der Waals surface area contributed by atoms with Gasteiger partial charge in [0.1, 0.15) is 0 Å². The number of anilines is 1. The van der Waals surface area contributed by atoms with Crippen molar-refractivity contribution in [3.8, 4) is 0 Å². The summed E-state index contributed by atoms with van der Waals surface area (Å²) in [4.78, 5) is 7.40. The minimum atomic E-state index is -2.33. The number of benzene rings is 2. The van der Waals surface area contributed by atoms with E-state index < -0.39 is 16.9 Å². The summed E-state index contributed by atoms with van der Waals surface area (Å²) in [5.41, 5.74) is 4.22. The lowest BCUT2D eigenvalue weighted by Gasteiger charge is -2.26. The molecular formula is C18H18F2N2S. The van der Waals surface area contributed by atoms with Gasteiger partial charge in [0, 0.05) is 10.6 Å². The van der Waals surface area contributed by atoms with E-state index in [-0.39, 0.29) is 5.75 Å². The largest absolute Gasteiger partial charge is 0.328 e. The van der Waals surface area contributed by atoms with Crippen molar-refractivity contribution < 1.29 is 8.78 Å². The molecule has 0 bridgehead atoms. The topological polar surface area (TPSA) is 15.6 Å². The molecule has 0 radical (unpaired) electrons. The highest BCUT2D eigenvalue weighted by molar-refractivity contribution is 8.14. The van der Waals surface area contributed by atoms with Gasteiger partial charge in [-0.15, -0.1) is 0 Å². The van der Waals surface area contributed by atoms with Crippen molar-refractivity contribution >= 4 is 34.1 Å². The average Bonchev–Trinajstić information content (AvgIpc) is 2.54. The normalized spacial score (nSPS) is 14.9. The van der Waals surface area contributed by atoms with E-state index in [9.17, 15) is 8.78 Å². The van der Waals surface area contributed by atoms with Crippen molar-refractivity contribution in [3.05, 3.63) is 53.6 Å². The summed E-state index contributed by atoms with van der Waals surface area (Å²) in [5, 5.41) is 0. The Morgan fingerprint density at radius 2 is 2.04 bits per heavy atom. The average molecular weight is 332 g/mol. The Morgan fingerprint density at radius 1 is 1.26 bits per heavy atom. The SMILES string of the molecule is C=S(CC(F)F)c1ccc(C)c(N2C=Nc3ccccc3C2)c1. The molecule has 1 aliphatic heterocycles. The molecule has 0 spiro atoms. The van der Waals surface area contributed by atoms with Crippen molar-refractivity contribution in [2.24, 2.45) is 4.99 Å². The molecular weight excluding hydrogens is 314 g/mol. The monoisotopic (exact) mass is 332 g/mol. The first-order chi connectivity index (χ1) is 11.0. The van der Waals surface area contributed by atoms with Crippen molar-refractivity contribution in [1.29, 1.82) is 0 Å². The second-order valence-electron chi connectivity index (χ2n) is 5.50. The lowest BCUT2D eigenvalue weighted by atomic mass is 10.1. The Bertz CT molecular complexity index is 771. The van der Waals surface area contributed by atoms with Gasteiger partial charge in [0.25, 0.3) is 0 Å². The molecule has 120 valence electrons. The first-order valence-electron chi connectivity index (χ1n) is 7.32. The Kier molecular flexibility index (Phi) is 4.57. The van der Waals surface area contributed by atoms with E-state index in [4.69, 9.17) is 0 Å². The standard InChI is InChI=1S/C18H18F2N2S/c1-13-7-8-15(23(2)11-18(19)20)9-17(13)22-10-14-5-3-4-6-16(14)21-12-22/h3-9,12,18H,2,10-11H2,1H3. The number of alkyl halides is 2. The molecule has 3 rings (SSSR count). The molecule has 23 heavy (non-hydrogen) atoms.